The van der Waals surface area contributed by atoms with E-state index in [0.717, 1.165) is 30.1 Å². The van der Waals surface area contributed by atoms with Gasteiger partial charge in [0.15, 0.2) is 0 Å². The normalized spacial score (nSPS) is 17.2. The van der Waals surface area contributed by atoms with Crippen molar-refractivity contribution < 1.29 is 9.53 Å². The first-order valence-electron chi connectivity index (χ1n) is 8.43. The lowest BCUT2D eigenvalue weighted by Gasteiger charge is -2.26. The topological polar surface area (TPSA) is 41.6 Å². The smallest absolute Gasteiger partial charge is 0.253 e. The fourth-order valence-electron chi connectivity index (χ4n) is 3.08. The van der Waals surface area contributed by atoms with Gasteiger partial charge >= 0.3 is 0 Å². The number of ether oxygens (including phenoxy) is 1. The van der Waals surface area contributed by atoms with E-state index >= 15 is 0 Å². The molecule has 2 aromatic carbocycles. The van der Waals surface area contributed by atoms with Gasteiger partial charge in [-0.15, -0.1) is 0 Å². The van der Waals surface area contributed by atoms with Gasteiger partial charge in [0.05, 0.1) is 11.7 Å². The van der Waals surface area contributed by atoms with Gasteiger partial charge in [0, 0.05) is 24.8 Å². The number of amides is 1. The summed E-state index contributed by atoms with van der Waals surface area (Å²) in [6.45, 7) is 7.60. The summed E-state index contributed by atoms with van der Waals surface area (Å²) in [7, 11) is 0. The number of hydrogen-bond acceptors (Lipinski definition) is 3. The number of benzene rings is 2. The predicted octanol–water partition coefficient (Wildman–Crippen LogP) is 3.61. The fraction of sp³-hybridized carbons (Fsp3) is 0.350. The Labute approximate surface area is 143 Å². The maximum absolute atomic E-state index is 12.3. The van der Waals surface area contributed by atoms with Gasteiger partial charge in [0.25, 0.3) is 5.91 Å². The lowest BCUT2D eigenvalue weighted by Crippen LogP contribution is -2.38. The Morgan fingerprint density at radius 1 is 1.21 bits per heavy atom. The van der Waals surface area contributed by atoms with Gasteiger partial charge < -0.3 is 15.0 Å². The molecule has 0 fully saturated rings. The van der Waals surface area contributed by atoms with Crippen molar-refractivity contribution >= 4 is 11.6 Å². The second-order valence-corrected chi connectivity index (χ2v) is 6.59. The third-order valence-electron chi connectivity index (χ3n) is 4.00. The molecule has 0 aromatic heterocycles. The third kappa shape index (κ3) is 3.70. The molecule has 0 aliphatic carbocycles. The molecule has 0 bridgehead atoms. The van der Waals surface area contributed by atoms with Crippen LogP contribution in [0.1, 0.15) is 36.7 Å². The minimum atomic E-state index is -0.00232. The SMILES string of the molecule is CC1CN(Cc2cccc(OC(C)C)c2)c2ccccc2C(=O)N1. The molecule has 0 saturated heterocycles. The number of nitrogens with one attached hydrogen (secondary N) is 1. The van der Waals surface area contributed by atoms with Crippen molar-refractivity contribution in [3.63, 3.8) is 0 Å². The molecule has 1 amide bonds. The molecule has 4 heteroatoms. The maximum Gasteiger partial charge on any atom is 0.253 e. The van der Waals surface area contributed by atoms with Gasteiger partial charge in [-0.2, -0.15) is 0 Å². The van der Waals surface area contributed by atoms with E-state index < -0.39 is 0 Å². The van der Waals surface area contributed by atoms with Crippen molar-refractivity contribution in [2.75, 3.05) is 11.4 Å². The first-order chi connectivity index (χ1) is 11.5. The minimum Gasteiger partial charge on any atom is -0.491 e. The standard InChI is InChI=1S/C20H24N2O2/c1-14(2)24-17-8-6-7-16(11-17)13-22-12-15(3)21-20(23)18-9-4-5-10-19(18)22/h4-11,14-15H,12-13H2,1-3H3,(H,21,23). The highest BCUT2D eigenvalue weighted by molar-refractivity contribution is 6.00. The number of hydrogen-bond donors (Lipinski definition) is 1. The number of fused-ring (bicyclic) bond motifs is 1. The third-order valence-corrected chi connectivity index (χ3v) is 4.00. The van der Waals surface area contributed by atoms with Gasteiger partial charge in [-0.25, -0.2) is 0 Å². The molecular weight excluding hydrogens is 300 g/mol. The van der Waals surface area contributed by atoms with E-state index in [1.54, 1.807) is 0 Å². The van der Waals surface area contributed by atoms with E-state index in [1.165, 1.54) is 5.56 Å². The van der Waals surface area contributed by atoms with Crippen molar-refractivity contribution in [3.05, 3.63) is 59.7 Å². The molecule has 2 aromatic rings. The Balaban J connectivity index is 1.88. The molecule has 0 saturated carbocycles. The number of anilines is 1. The van der Waals surface area contributed by atoms with Crippen LogP contribution in [-0.2, 0) is 6.54 Å². The van der Waals surface area contributed by atoms with Crippen molar-refractivity contribution in [2.24, 2.45) is 0 Å². The van der Waals surface area contributed by atoms with E-state index in [4.69, 9.17) is 4.74 Å². The monoisotopic (exact) mass is 324 g/mol. The number of carbonyl (C=O) groups excluding carboxylic acids is 1. The number of rotatable bonds is 4. The molecule has 1 heterocycles. The van der Waals surface area contributed by atoms with Crippen LogP contribution in [0.3, 0.4) is 0 Å². The second-order valence-electron chi connectivity index (χ2n) is 6.59. The fourth-order valence-corrected chi connectivity index (χ4v) is 3.08. The zero-order chi connectivity index (χ0) is 17.1. The molecule has 1 atom stereocenters. The van der Waals surface area contributed by atoms with Crippen LogP contribution in [0.25, 0.3) is 0 Å². The molecule has 4 nitrogen and oxygen atoms in total. The predicted molar refractivity (Wildman–Crippen MR) is 96.6 cm³/mol. The van der Waals surface area contributed by atoms with Crippen molar-refractivity contribution in [3.8, 4) is 5.75 Å². The lowest BCUT2D eigenvalue weighted by molar-refractivity contribution is 0.0945. The first-order valence-corrected chi connectivity index (χ1v) is 8.43. The Morgan fingerprint density at radius 3 is 2.79 bits per heavy atom. The first kappa shape index (κ1) is 16.4. The van der Waals surface area contributed by atoms with Gasteiger partial charge in [-0.05, 0) is 50.6 Å². The summed E-state index contributed by atoms with van der Waals surface area (Å²) in [6.07, 6.45) is 0.154. The Kier molecular flexibility index (Phi) is 4.74. The van der Waals surface area contributed by atoms with E-state index in [-0.39, 0.29) is 18.1 Å². The molecule has 0 spiro atoms. The summed E-state index contributed by atoms with van der Waals surface area (Å²) in [5, 5.41) is 3.05. The summed E-state index contributed by atoms with van der Waals surface area (Å²) >= 11 is 0. The Bertz CT molecular complexity index is 727. The van der Waals surface area contributed by atoms with E-state index in [9.17, 15) is 4.79 Å². The number of para-hydroxylation sites is 1. The van der Waals surface area contributed by atoms with Crippen LogP contribution in [0, 0.1) is 0 Å². The van der Waals surface area contributed by atoms with Crippen LogP contribution in [0.2, 0.25) is 0 Å². The van der Waals surface area contributed by atoms with E-state index in [2.05, 4.69) is 22.3 Å². The Hall–Kier alpha value is -2.49. The zero-order valence-electron chi connectivity index (χ0n) is 14.5. The molecule has 1 aliphatic rings. The summed E-state index contributed by atoms with van der Waals surface area (Å²) in [6, 6.07) is 16.1. The molecule has 1 unspecified atom stereocenters. The van der Waals surface area contributed by atoms with Crippen molar-refractivity contribution in [1.82, 2.24) is 5.32 Å². The average Bonchev–Trinajstić information content (AvgIpc) is 2.64. The summed E-state index contributed by atoms with van der Waals surface area (Å²) in [4.78, 5) is 14.6. The number of nitrogens with zero attached hydrogens (tertiary/aromatic N) is 1. The van der Waals surface area contributed by atoms with Crippen LogP contribution >= 0.6 is 0 Å². The number of carbonyl (C=O) groups is 1. The quantitative estimate of drug-likeness (QED) is 0.934. The van der Waals surface area contributed by atoms with Crippen molar-refractivity contribution in [1.29, 1.82) is 0 Å². The van der Waals surface area contributed by atoms with Gasteiger partial charge in [0.2, 0.25) is 0 Å². The van der Waals surface area contributed by atoms with E-state index in [0.29, 0.717) is 0 Å². The molecule has 3 rings (SSSR count). The molecule has 126 valence electrons. The van der Waals surface area contributed by atoms with Gasteiger partial charge in [-0.1, -0.05) is 24.3 Å². The van der Waals surface area contributed by atoms with Crippen LogP contribution in [-0.4, -0.2) is 24.6 Å². The molecule has 1 N–H and O–H groups in total. The van der Waals surface area contributed by atoms with Gasteiger partial charge in [0.1, 0.15) is 5.75 Å². The van der Waals surface area contributed by atoms with Crippen molar-refractivity contribution in [2.45, 2.75) is 39.5 Å². The van der Waals surface area contributed by atoms with E-state index in [1.807, 2.05) is 57.2 Å². The van der Waals surface area contributed by atoms with Crippen LogP contribution in [0.5, 0.6) is 5.75 Å². The molecule has 0 radical (unpaired) electrons. The summed E-state index contributed by atoms with van der Waals surface area (Å²) in [5.41, 5.74) is 2.88. The summed E-state index contributed by atoms with van der Waals surface area (Å²) in [5.74, 6) is 0.880. The summed E-state index contributed by atoms with van der Waals surface area (Å²) < 4.78 is 5.79. The van der Waals surface area contributed by atoms with Crippen LogP contribution < -0.4 is 15.0 Å². The Morgan fingerprint density at radius 2 is 2.00 bits per heavy atom. The molecule has 1 aliphatic heterocycles. The highest BCUT2D eigenvalue weighted by atomic mass is 16.5. The van der Waals surface area contributed by atoms with Crippen LogP contribution in [0.4, 0.5) is 5.69 Å². The van der Waals surface area contributed by atoms with Crippen LogP contribution in [0.15, 0.2) is 48.5 Å². The second kappa shape index (κ2) is 6.95. The highest BCUT2D eigenvalue weighted by Gasteiger charge is 2.23. The highest BCUT2D eigenvalue weighted by Crippen LogP contribution is 2.26. The minimum absolute atomic E-state index is 0.00232. The zero-order valence-corrected chi connectivity index (χ0v) is 14.5. The average molecular weight is 324 g/mol. The largest absolute Gasteiger partial charge is 0.491 e. The maximum atomic E-state index is 12.3. The lowest BCUT2D eigenvalue weighted by atomic mass is 10.1. The molecule has 24 heavy (non-hydrogen) atoms. The molecular formula is C20H24N2O2. The van der Waals surface area contributed by atoms with Gasteiger partial charge in [-0.3, -0.25) is 4.79 Å².